The lowest BCUT2D eigenvalue weighted by Gasteiger charge is -2.04. The minimum Gasteiger partial charge on any atom is -0.258 e. The van der Waals surface area contributed by atoms with Gasteiger partial charge < -0.3 is 0 Å². The molecule has 128 valence electrons. The molecular formula is C15H12N4O4S2. The van der Waals surface area contributed by atoms with Gasteiger partial charge in [0.1, 0.15) is 5.01 Å². The van der Waals surface area contributed by atoms with Crippen LogP contribution in [0.2, 0.25) is 0 Å². The van der Waals surface area contributed by atoms with Crippen molar-refractivity contribution in [3.05, 3.63) is 75.3 Å². The van der Waals surface area contributed by atoms with Gasteiger partial charge >= 0.3 is 0 Å². The minimum absolute atomic E-state index is 0.0853. The summed E-state index contributed by atoms with van der Waals surface area (Å²) in [5.74, 6) is 0. The molecule has 1 aromatic heterocycles. The number of anilines is 1. The van der Waals surface area contributed by atoms with Crippen molar-refractivity contribution in [2.75, 3.05) is 4.72 Å². The summed E-state index contributed by atoms with van der Waals surface area (Å²) in [4.78, 5) is 9.95. The summed E-state index contributed by atoms with van der Waals surface area (Å²) in [6.45, 7) is 0. The van der Waals surface area contributed by atoms with Crippen LogP contribution in [0.25, 0.3) is 0 Å². The van der Waals surface area contributed by atoms with Crippen LogP contribution in [0.5, 0.6) is 0 Å². The van der Waals surface area contributed by atoms with Crippen LogP contribution in [0.4, 0.5) is 10.8 Å². The number of hydrogen-bond acceptors (Lipinski definition) is 7. The van der Waals surface area contributed by atoms with E-state index < -0.39 is 14.9 Å². The Morgan fingerprint density at radius 1 is 1.04 bits per heavy atom. The number of aromatic nitrogens is 2. The van der Waals surface area contributed by atoms with Crippen LogP contribution in [0.1, 0.15) is 10.6 Å². The number of nitro groups is 1. The van der Waals surface area contributed by atoms with Crippen molar-refractivity contribution in [1.29, 1.82) is 0 Å². The molecule has 0 spiro atoms. The number of non-ortho nitro benzene ring substituents is 1. The Kier molecular flexibility index (Phi) is 4.72. The first-order chi connectivity index (χ1) is 11.9. The van der Waals surface area contributed by atoms with Crippen LogP contribution >= 0.6 is 11.3 Å². The molecule has 0 saturated heterocycles. The maximum atomic E-state index is 12.3. The molecule has 0 aliphatic heterocycles. The fourth-order valence-electron chi connectivity index (χ4n) is 2.06. The van der Waals surface area contributed by atoms with Crippen molar-refractivity contribution in [1.82, 2.24) is 10.2 Å². The van der Waals surface area contributed by atoms with E-state index in [1.165, 1.54) is 12.1 Å². The molecule has 10 heteroatoms. The van der Waals surface area contributed by atoms with Crippen molar-refractivity contribution in [3.63, 3.8) is 0 Å². The van der Waals surface area contributed by atoms with Crippen LogP contribution in [0.15, 0.2) is 59.5 Å². The number of sulfonamides is 1. The Labute approximate surface area is 147 Å². The average molecular weight is 376 g/mol. The molecule has 0 saturated carbocycles. The molecule has 0 aliphatic carbocycles. The zero-order valence-electron chi connectivity index (χ0n) is 12.7. The van der Waals surface area contributed by atoms with Crippen molar-refractivity contribution in [2.24, 2.45) is 0 Å². The molecule has 3 aromatic rings. The first-order valence-electron chi connectivity index (χ1n) is 7.07. The summed E-state index contributed by atoms with van der Waals surface area (Å²) in [5, 5.41) is 19.3. The molecule has 0 atom stereocenters. The van der Waals surface area contributed by atoms with Crippen LogP contribution in [-0.2, 0) is 16.4 Å². The molecule has 8 nitrogen and oxygen atoms in total. The highest BCUT2D eigenvalue weighted by Gasteiger charge is 2.18. The van der Waals surface area contributed by atoms with Crippen molar-refractivity contribution >= 4 is 32.2 Å². The average Bonchev–Trinajstić information content (AvgIpc) is 3.02. The van der Waals surface area contributed by atoms with Gasteiger partial charge in [0, 0.05) is 18.6 Å². The van der Waals surface area contributed by atoms with Crippen molar-refractivity contribution in [3.8, 4) is 0 Å². The first-order valence-corrected chi connectivity index (χ1v) is 9.37. The number of nitrogens with zero attached hydrogens (tertiary/aromatic N) is 3. The van der Waals surface area contributed by atoms with Crippen molar-refractivity contribution < 1.29 is 13.3 Å². The highest BCUT2D eigenvalue weighted by atomic mass is 32.2. The molecular weight excluding hydrogens is 364 g/mol. The van der Waals surface area contributed by atoms with E-state index in [0.717, 1.165) is 29.0 Å². The van der Waals surface area contributed by atoms with Gasteiger partial charge in [-0.1, -0.05) is 41.7 Å². The molecule has 0 fully saturated rings. The van der Waals surface area contributed by atoms with E-state index in [1.54, 1.807) is 0 Å². The molecule has 2 aromatic carbocycles. The Hall–Kier alpha value is -2.85. The van der Waals surface area contributed by atoms with E-state index in [4.69, 9.17) is 0 Å². The van der Waals surface area contributed by atoms with E-state index in [9.17, 15) is 18.5 Å². The predicted molar refractivity (Wildman–Crippen MR) is 93.1 cm³/mol. The van der Waals surface area contributed by atoms with E-state index in [0.29, 0.717) is 11.4 Å². The maximum Gasteiger partial charge on any atom is 0.269 e. The fourth-order valence-corrected chi connectivity index (χ4v) is 4.06. The molecule has 0 bridgehead atoms. The van der Waals surface area contributed by atoms with Crippen LogP contribution in [0, 0.1) is 10.1 Å². The van der Waals surface area contributed by atoms with Crippen LogP contribution < -0.4 is 4.72 Å². The third-order valence-electron chi connectivity index (χ3n) is 3.24. The lowest BCUT2D eigenvalue weighted by atomic mass is 10.2. The topological polar surface area (TPSA) is 115 Å². The van der Waals surface area contributed by atoms with E-state index >= 15 is 0 Å². The van der Waals surface area contributed by atoms with E-state index in [-0.39, 0.29) is 15.7 Å². The molecule has 25 heavy (non-hydrogen) atoms. The lowest BCUT2D eigenvalue weighted by molar-refractivity contribution is -0.384. The third-order valence-corrected chi connectivity index (χ3v) is 5.57. The lowest BCUT2D eigenvalue weighted by Crippen LogP contribution is -2.12. The van der Waals surface area contributed by atoms with Gasteiger partial charge in [-0.15, -0.1) is 10.2 Å². The third kappa shape index (κ3) is 4.17. The fraction of sp³-hybridized carbons (Fsp3) is 0.0667. The van der Waals surface area contributed by atoms with Gasteiger partial charge in [-0.05, 0) is 17.7 Å². The molecule has 3 rings (SSSR count). The Morgan fingerprint density at radius 3 is 2.36 bits per heavy atom. The van der Waals surface area contributed by atoms with Crippen molar-refractivity contribution in [2.45, 2.75) is 11.3 Å². The highest BCUT2D eigenvalue weighted by molar-refractivity contribution is 7.93. The van der Waals surface area contributed by atoms with E-state index in [1.807, 2.05) is 30.3 Å². The summed E-state index contributed by atoms with van der Waals surface area (Å²) >= 11 is 1.14. The Balaban J connectivity index is 1.74. The van der Waals surface area contributed by atoms with Crippen LogP contribution in [-0.4, -0.2) is 23.5 Å². The normalized spacial score (nSPS) is 11.2. The second kappa shape index (κ2) is 6.95. The SMILES string of the molecule is O=[N+]([O-])c1ccc(S(=O)(=O)Nc2nnc(Cc3ccccc3)s2)cc1. The van der Waals surface area contributed by atoms with Gasteiger partial charge in [0.15, 0.2) is 0 Å². The second-order valence-corrected chi connectivity index (χ2v) is 7.76. The van der Waals surface area contributed by atoms with Gasteiger partial charge in [-0.3, -0.25) is 14.8 Å². The van der Waals surface area contributed by atoms with Crippen LogP contribution in [0.3, 0.4) is 0 Å². The van der Waals surface area contributed by atoms with Gasteiger partial charge in [-0.25, -0.2) is 8.42 Å². The molecule has 1 heterocycles. The zero-order valence-corrected chi connectivity index (χ0v) is 14.3. The van der Waals surface area contributed by atoms with Gasteiger partial charge in [0.25, 0.3) is 15.7 Å². The molecule has 0 amide bonds. The number of nitro benzene ring substituents is 1. The van der Waals surface area contributed by atoms with Gasteiger partial charge in [0.05, 0.1) is 9.82 Å². The summed E-state index contributed by atoms with van der Waals surface area (Å²) in [7, 11) is -3.88. The monoisotopic (exact) mass is 376 g/mol. The predicted octanol–water partition coefficient (Wildman–Crippen LogP) is 2.84. The number of benzene rings is 2. The summed E-state index contributed by atoms with van der Waals surface area (Å²) in [6.07, 6.45) is 0.553. The maximum absolute atomic E-state index is 12.3. The number of rotatable bonds is 6. The standard InChI is InChI=1S/C15H12N4O4S2/c20-19(21)12-6-8-13(9-7-12)25(22,23)18-15-17-16-14(24-15)10-11-4-2-1-3-5-11/h1-9H,10H2,(H,17,18). The molecule has 1 N–H and O–H groups in total. The molecule has 0 radical (unpaired) electrons. The first kappa shape index (κ1) is 17.0. The molecule has 0 unspecified atom stereocenters. The quantitative estimate of drug-likeness (QED) is 0.522. The largest absolute Gasteiger partial charge is 0.269 e. The number of hydrogen-bond donors (Lipinski definition) is 1. The second-order valence-electron chi connectivity index (χ2n) is 5.02. The smallest absolute Gasteiger partial charge is 0.258 e. The number of nitrogens with one attached hydrogen (secondary N) is 1. The summed E-state index contributed by atoms with van der Waals surface area (Å²) in [6, 6.07) is 14.2. The highest BCUT2D eigenvalue weighted by Crippen LogP contribution is 2.23. The summed E-state index contributed by atoms with van der Waals surface area (Å²) in [5.41, 5.74) is 0.864. The Bertz CT molecular complexity index is 986. The molecule has 0 aliphatic rings. The zero-order chi connectivity index (χ0) is 17.9. The minimum atomic E-state index is -3.88. The van der Waals surface area contributed by atoms with Gasteiger partial charge in [0.2, 0.25) is 5.13 Å². The summed E-state index contributed by atoms with van der Waals surface area (Å²) < 4.78 is 27.0. The Morgan fingerprint density at radius 2 is 1.72 bits per heavy atom. The van der Waals surface area contributed by atoms with Gasteiger partial charge in [-0.2, -0.15) is 0 Å². The van der Waals surface area contributed by atoms with E-state index in [2.05, 4.69) is 14.9 Å².